The van der Waals surface area contributed by atoms with Crippen molar-refractivity contribution in [3.8, 4) is 0 Å². The van der Waals surface area contributed by atoms with E-state index in [-0.39, 0.29) is 0 Å². The normalized spacial score (nSPS) is 22.4. The van der Waals surface area contributed by atoms with Crippen molar-refractivity contribution < 1.29 is 0 Å². The van der Waals surface area contributed by atoms with E-state index >= 15 is 0 Å². The van der Waals surface area contributed by atoms with Crippen LogP contribution in [0.2, 0.25) is 0 Å². The molecule has 1 aromatic heterocycles. The molecule has 2 heterocycles. The molecule has 1 unspecified atom stereocenters. The maximum absolute atomic E-state index is 4.24. The zero-order valence-corrected chi connectivity index (χ0v) is 11.3. The molecule has 0 aromatic carbocycles. The van der Waals surface area contributed by atoms with Gasteiger partial charge < -0.3 is 4.90 Å². The summed E-state index contributed by atoms with van der Waals surface area (Å²) in [6.07, 6.45) is 7.97. The second kappa shape index (κ2) is 6.40. The Bertz CT molecular complexity index is 284. The predicted octanol–water partition coefficient (Wildman–Crippen LogP) is 2.38. The molecule has 0 N–H and O–H groups in total. The van der Waals surface area contributed by atoms with Crippen LogP contribution in [-0.2, 0) is 6.54 Å². The molecule has 0 amide bonds. The van der Waals surface area contributed by atoms with Crippen LogP contribution in [-0.4, -0.2) is 39.6 Å². The second-order valence-electron chi connectivity index (χ2n) is 4.56. The highest BCUT2D eigenvalue weighted by Gasteiger charge is 2.18. The molecule has 1 aliphatic rings. The molecule has 0 saturated carbocycles. The van der Waals surface area contributed by atoms with Crippen LogP contribution in [0.4, 0.5) is 0 Å². The van der Waals surface area contributed by atoms with Gasteiger partial charge in [-0.05, 0) is 37.8 Å². The molecule has 1 fully saturated rings. The number of nitrogens with zero attached hydrogens (tertiary/aromatic N) is 3. The molecule has 4 heteroatoms. The molecule has 1 aromatic rings. The Morgan fingerprint density at radius 2 is 2.31 bits per heavy atom. The molecule has 1 aliphatic heterocycles. The van der Waals surface area contributed by atoms with Crippen LogP contribution in [0.3, 0.4) is 0 Å². The molecule has 90 valence electrons. The van der Waals surface area contributed by atoms with Crippen LogP contribution >= 0.6 is 15.9 Å². The lowest BCUT2D eigenvalue weighted by Crippen LogP contribution is -2.37. The van der Waals surface area contributed by atoms with Crippen LogP contribution < -0.4 is 0 Å². The Labute approximate surface area is 106 Å². The summed E-state index contributed by atoms with van der Waals surface area (Å²) in [7, 11) is 0. The molecule has 3 nitrogen and oxygen atoms in total. The van der Waals surface area contributed by atoms with Crippen molar-refractivity contribution in [3.63, 3.8) is 0 Å². The zero-order valence-electron chi connectivity index (χ0n) is 9.69. The van der Waals surface area contributed by atoms with Gasteiger partial charge in [-0.2, -0.15) is 5.10 Å². The summed E-state index contributed by atoms with van der Waals surface area (Å²) in [6.45, 7) is 4.70. The van der Waals surface area contributed by atoms with E-state index in [0.717, 1.165) is 24.3 Å². The molecule has 16 heavy (non-hydrogen) atoms. The van der Waals surface area contributed by atoms with Crippen molar-refractivity contribution in [2.24, 2.45) is 5.92 Å². The van der Waals surface area contributed by atoms with Crippen molar-refractivity contribution in [1.29, 1.82) is 0 Å². The first kappa shape index (κ1) is 12.1. The molecular weight excluding hydrogens is 266 g/mol. The minimum atomic E-state index is 0.894. The van der Waals surface area contributed by atoms with Crippen molar-refractivity contribution in [3.05, 3.63) is 18.5 Å². The highest BCUT2D eigenvalue weighted by Crippen LogP contribution is 2.20. The number of halogens is 1. The summed E-state index contributed by atoms with van der Waals surface area (Å²) < 4.78 is 2.02. The third-order valence-electron chi connectivity index (χ3n) is 3.32. The van der Waals surface area contributed by atoms with Gasteiger partial charge in [-0.3, -0.25) is 4.68 Å². The number of piperidine rings is 1. The van der Waals surface area contributed by atoms with Crippen molar-refractivity contribution in [2.45, 2.75) is 25.8 Å². The number of likely N-dealkylation sites (tertiary alicyclic amines) is 1. The highest BCUT2D eigenvalue weighted by atomic mass is 79.9. The molecule has 0 radical (unpaired) electrons. The van der Waals surface area contributed by atoms with E-state index in [1.807, 2.05) is 23.1 Å². The quantitative estimate of drug-likeness (QED) is 0.775. The van der Waals surface area contributed by atoms with Gasteiger partial charge in [0, 0.05) is 30.8 Å². The number of hydrogen-bond acceptors (Lipinski definition) is 2. The third-order valence-corrected chi connectivity index (χ3v) is 3.78. The summed E-state index contributed by atoms with van der Waals surface area (Å²) in [5.41, 5.74) is 0. The van der Waals surface area contributed by atoms with Crippen molar-refractivity contribution >= 4 is 15.9 Å². The molecule has 2 rings (SSSR count). The van der Waals surface area contributed by atoms with E-state index < -0.39 is 0 Å². The maximum Gasteiger partial charge on any atom is 0.0536 e. The fourth-order valence-corrected chi connectivity index (χ4v) is 3.07. The van der Waals surface area contributed by atoms with Gasteiger partial charge in [0.05, 0.1) is 6.54 Å². The smallest absolute Gasteiger partial charge is 0.0536 e. The topological polar surface area (TPSA) is 21.1 Å². The second-order valence-corrected chi connectivity index (χ2v) is 5.35. The predicted molar refractivity (Wildman–Crippen MR) is 69.8 cm³/mol. The Morgan fingerprint density at radius 3 is 3.06 bits per heavy atom. The molecule has 0 spiro atoms. The molecule has 0 aliphatic carbocycles. The number of rotatable bonds is 5. The van der Waals surface area contributed by atoms with E-state index in [1.54, 1.807) is 0 Å². The largest absolute Gasteiger partial charge is 0.301 e. The maximum atomic E-state index is 4.24. The van der Waals surface area contributed by atoms with Crippen LogP contribution in [0.15, 0.2) is 18.5 Å². The fraction of sp³-hybridized carbons (Fsp3) is 0.750. The fourth-order valence-electron chi connectivity index (χ4n) is 2.42. The molecule has 1 saturated heterocycles. The molecule has 1 atom stereocenters. The number of hydrogen-bond donors (Lipinski definition) is 0. The zero-order chi connectivity index (χ0) is 11.2. The van der Waals surface area contributed by atoms with Crippen LogP contribution in [0.25, 0.3) is 0 Å². The van der Waals surface area contributed by atoms with Crippen molar-refractivity contribution in [2.75, 3.05) is 25.0 Å². The van der Waals surface area contributed by atoms with Gasteiger partial charge in [-0.1, -0.05) is 15.9 Å². The minimum Gasteiger partial charge on any atom is -0.301 e. The Balaban J connectivity index is 1.72. The summed E-state index contributed by atoms with van der Waals surface area (Å²) in [6, 6.07) is 1.99. The average molecular weight is 286 g/mol. The lowest BCUT2D eigenvalue weighted by Gasteiger charge is -2.32. The summed E-state index contributed by atoms with van der Waals surface area (Å²) in [5.74, 6) is 0.894. The Morgan fingerprint density at radius 1 is 1.38 bits per heavy atom. The molecule has 0 bridgehead atoms. The van der Waals surface area contributed by atoms with Gasteiger partial charge in [0.25, 0.3) is 0 Å². The third kappa shape index (κ3) is 3.59. The van der Waals surface area contributed by atoms with Gasteiger partial charge in [-0.15, -0.1) is 0 Å². The van der Waals surface area contributed by atoms with Gasteiger partial charge in [0.2, 0.25) is 0 Å². The standard InChI is InChI=1S/C12H20BrN3/c13-5-4-12-3-1-7-15(11-12)9-10-16-8-2-6-14-16/h2,6,8,12H,1,3-5,7,9-11H2. The first-order valence-electron chi connectivity index (χ1n) is 6.14. The highest BCUT2D eigenvalue weighted by molar-refractivity contribution is 9.09. The van der Waals surface area contributed by atoms with Crippen LogP contribution in [0.1, 0.15) is 19.3 Å². The number of aromatic nitrogens is 2. The van der Waals surface area contributed by atoms with Crippen LogP contribution in [0.5, 0.6) is 0 Å². The minimum absolute atomic E-state index is 0.894. The summed E-state index contributed by atoms with van der Waals surface area (Å²) in [5, 5.41) is 5.38. The van der Waals surface area contributed by atoms with E-state index in [4.69, 9.17) is 0 Å². The lowest BCUT2D eigenvalue weighted by molar-refractivity contribution is 0.165. The average Bonchev–Trinajstić information content (AvgIpc) is 2.80. The Kier molecular flexibility index (Phi) is 4.85. The lowest BCUT2D eigenvalue weighted by atomic mass is 9.96. The van der Waals surface area contributed by atoms with Gasteiger partial charge in [0.1, 0.15) is 0 Å². The van der Waals surface area contributed by atoms with Gasteiger partial charge in [0.15, 0.2) is 0 Å². The first-order valence-corrected chi connectivity index (χ1v) is 7.26. The Hall–Kier alpha value is -0.350. The molecular formula is C12H20BrN3. The van der Waals surface area contributed by atoms with E-state index in [0.29, 0.717) is 0 Å². The van der Waals surface area contributed by atoms with Crippen molar-refractivity contribution in [1.82, 2.24) is 14.7 Å². The SMILES string of the molecule is BrCCC1CCCN(CCn2cccn2)C1. The summed E-state index contributed by atoms with van der Waals surface area (Å²) in [4.78, 5) is 2.58. The summed E-state index contributed by atoms with van der Waals surface area (Å²) >= 11 is 3.54. The van der Waals surface area contributed by atoms with Gasteiger partial charge in [-0.25, -0.2) is 0 Å². The van der Waals surface area contributed by atoms with E-state index in [2.05, 4.69) is 25.9 Å². The van der Waals surface area contributed by atoms with E-state index in [9.17, 15) is 0 Å². The monoisotopic (exact) mass is 285 g/mol. The first-order chi connectivity index (χ1) is 7.88. The van der Waals surface area contributed by atoms with Crippen LogP contribution in [0, 0.1) is 5.92 Å². The van der Waals surface area contributed by atoms with E-state index in [1.165, 1.54) is 32.4 Å². The van der Waals surface area contributed by atoms with Gasteiger partial charge >= 0.3 is 0 Å². The number of alkyl halides is 1.